The molecule has 1 aliphatic heterocycles. The number of aliphatic hydroxyl groups excluding tert-OH is 1. The van der Waals surface area contributed by atoms with Gasteiger partial charge in [-0.15, -0.1) is 0 Å². The molecule has 0 fully saturated rings. The third kappa shape index (κ3) is 3.42. The van der Waals surface area contributed by atoms with Crippen LogP contribution < -0.4 is 14.8 Å². The first-order valence-corrected chi connectivity index (χ1v) is 7.01. The second-order valence-electron chi connectivity index (χ2n) is 4.90. The zero-order valence-electron chi connectivity index (χ0n) is 11.9. The van der Waals surface area contributed by atoms with Crippen molar-refractivity contribution in [1.82, 2.24) is 0 Å². The van der Waals surface area contributed by atoms with Gasteiger partial charge in [0.2, 0.25) is 5.91 Å². The number of fused-ring (bicyclic) bond motifs is 1. The van der Waals surface area contributed by atoms with Crippen molar-refractivity contribution in [2.24, 2.45) is 0 Å². The second kappa shape index (κ2) is 6.61. The van der Waals surface area contributed by atoms with Gasteiger partial charge in [-0.1, -0.05) is 0 Å². The molecule has 0 aromatic heterocycles. The highest BCUT2D eigenvalue weighted by Crippen LogP contribution is 2.38. The Morgan fingerprint density at radius 3 is 3.05 bits per heavy atom. The second-order valence-corrected chi connectivity index (χ2v) is 4.90. The number of nitrogens with one attached hydrogen (secondary N) is 1. The predicted molar refractivity (Wildman–Crippen MR) is 76.4 cm³/mol. The molecule has 2 rings (SSSR count). The average molecular weight is 279 g/mol. The highest BCUT2D eigenvalue weighted by atomic mass is 16.5. The maximum absolute atomic E-state index is 11.8. The van der Waals surface area contributed by atoms with E-state index < -0.39 is 0 Å². The van der Waals surface area contributed by atoms with Crippen LogP contribution in [0.2, 0.25) is 0 Å². The minimum absolute atomic E-state index is 0.0105. The summed E-state index contributed by atoms with van der Waals surface area (Å²) in [6.45, 7) is 4.47. The molecular formula is C15H21NO4. The molecule has 1 aromatic carbocycles. The first-order valence-electron chi connectivity index (χ1n) is 7.01. The summed E-state index contributed by atoms with van der Waals surface area (Å²) >= 11 is 0. The van der Waals surface area contributed by atoms with Crippen molar-refractivity contribution in [2.75, 3.05) is 18.5 Å². The summed E-state index contributed by atoms with van der Waals surface area (Å²) < 4.78 is 11.3. The summed E-state index contributed by atoms with van der Waals surface area (Å²) in [6.07, 6.45) is 1.75. The lowest BCUT2D eigenvalue weighted by Gasteiger charge is -2.13. The van der Waals surface area contributed by atoms with Crippen LogP contribution in [0.1, 0.15) is 32.3 Å². The highest BCUT2D eigenvalue weighted by molar-refractivity contribution is 5.92. The van der Waals surface area contributed by atoms with Crippen LogP contribution in [-0.4, -0.2) is 30.3 Å². The lowest BCUT2D eigenvalue weighted by Crippen LogP contribution is -2.13. The molecule has 0 aliphatic carbocycles. The van der Waals surface area contributed by atoms with Gasteiger partial charge in [0.15, 0.2) is 0 Å². The summed E-state index contributed by atoms with van der Waals surface area (Å²) in [5.41, 5.74) is 1.73. The maximum atomic E-state index is 11.8. The van der Waals surface area contributed by atoms with Crippen molar-refractivity contribution in [3.8, 4) is 11.5 Å². The number of amides is 1. The normalized spacial score (nSPS) is 16.4. The largest absolute Gasteiger partial charge is 0.492 e. The van der Waals surface area contributed by atoms with Gasteiger partial charge in [0, 0.05) is 31.1 Å². The van der Waals surface area contributed by atoms with E-state index in [1.54, 1.807) is 0 Å². The van der Waals surface area contributed by atoms with Crippen LogP contribution in [0.5, 0.6) is 11.5 Å². The molecule has 2 N–H and O–H groups in total. The molecule has 0 spiro atoms. The number of ether oxygens (including phenoxy) is 2. The van der Waals surface area contributed by atoms with E-state index in [0.29, 0.717) is 24.5 Å². The molecule has 1 atom stereocenters. The zero-order chi connectivity index (χ0) is 14.5. The standard InChI is InChI=1S/C15H21NO4/c1-3-19-14-8-11-7-10(2)20-13(11)9-12(14)16-15(18)5-4-6-17/h8-10,17H,3-7H2,1-2H3,(H,16,18). The van der Waals surface area contributed by atoms with Gasteiger partial charge in [-0.25, -0.2) is 0 Å². The summed E-state index contributed by atoms with van der Waals surface area (Å²) in [7, 11) is 0. The number of carbonyl (C=O) groups is 1. The van der Waals surface area contributed by atoms with E-state index in [1.165, 1.54) is 0 Å². The Morgan fingerprint density at radius 1 is 1.55 bits per heavy atom. The van der Waals surface area contributed by atoms with Gasteiger partial charge in [0.25, 0.3) is 0 Å². The van der Waals surface area contributed by atoms with Crippen LogP contribution >= 0.6 is 0 Å². The lowest BCUT2D eigenvalue weighted by molar-refractivity contribution is -0.116. The quantitative estimate of drug-likeness (QED) is 0.837. The van der Waals surface area contributed by atoms with E-state index >= 15 is 0 Å². The molecule has 5 nitrogen and oxygen atoms in total. The fourth-order valence-corrected chi connectivity index (χ4v) is 2.26. The third-order valence-electron chi connectivity index (χ3n) is 3.13. The van der Waals surface area contributed by atoms with Crippen molar-refractivity contribution in [2.45, 2.75) is 39.2 Å². The van der Waals surface area contributed by atoms with Gasteiger partial charge in [0.05, 0.1) is 12.3 Å². The Labute approximate surface area is 118 Å². The maximum Gasteiger partial charge on any atom is 0.224 e. The van der Waals surface area contributed by atoms with Crippen LogP contribution in [0.25, 0.3) is 0 Å². The molecule has 0 saturated heterocycles. The van der Waals surface area contributed by atoms with Gasteiger partial charge in [-0.3, -0.25) is 4.79 Å². The van der Waals surface area contributed by atoms with E-state index in [-0.39, 0.29) is 25.0 Å². The van der Waals surface area contributed by atoms with Crippen molar-refractivity contribution in [3.63, 3.8) is 0 Å². The topological polar surface area (TPSA) is 67.8 Å². The summed E-state index contributed by atoms with van der Waals surface area (Å²) in [5.74, 6) is 1.34. The summed E-state index contributed by atoms with van der Waals surface area (Å²) in [6, 6.07) is 3.75. The molecular weight excluding hydrogens is 258 g/mol. The van der Waals surface area contributed by atoms with Crippen molar-refractivity contribution in [1.29, 1.82) is 0 Å². The van der Waals surface area contributed by atoms with Crippen LogP contribution in [-0.2, 0) is 11.2 Å². The summed E-state index contributed by atoms with van der Waals surface area (Å²) in [5, 5.41) is 11.6. The minimum atomic E-state index is -0.133. The summed E-state index contributed by atoms with van der Waals surface area (Å²) in [4.78, 5) is 11.8. The Bertz CT molecular complexity index is 487. The molecule has 0 saturated carbocycles. The predicted octanol–water partition coefficient (Wildman–Crippen LogP) is 2.12. The highest BCUT2D eigenvalue weighted by Gasteiger charge is 2.22. The van der Waals surface area contributed by atoms with Crippen LogP contribution in [0.4, 0.5) is 5.69 Å². The molecule has 1 unspecified atom stereocenters. The number of hydrogen-bond acceptors (Lipinski definition) is 4. The van der Waals surface area contributed by atoms with Gasteiger partial charge in [-0.05, 0) is 26.3 Å². The number of anilines is 1. The smallest absolute Gasteiger partial charge is 0.224 e. The first-order chi connectivity index (χ1) is 9.63. The van der Waals surface area contributed by atoms with E-state index in [4.69, 9.17) is 14.6 Å². The Morgan fingerprint density at radius 2 is 2.35 bits per heavy atom. The molecule has 1 aliphatic rings. The van der Waals surface area contributed by atoms with Crippen molar-refractivity contribution < 1.29 is 19.4 Å². The third-order valence-corrected chi connectivity index (χ3v) is 3.13. The van der Waals surface area contributed by atoms with Gasteiger partial charge in [0.1, 0.15) is 17.6 Å². The number of rotatable bonds is 6. The average Bonchev–Trinajstić information content (AvgIpc) is 2.76. The fourth-order valence-electron chi connectivity index (χ4n) is 2.26. The van der Waals surface area contributed by atoms with Crippen molar-refractivity contribution in [3.05, 3.63) is 17.7 Å². The zero-order valence-corrected chi connectivity index (χ0v) is 11.9. The number of hydrogen-bond donors (Lipinski definition) is 2. The minimum Gasteiger partial charge on any atom is -0.492 e. The van der Waals surface area contributed by atoms with E-state index in [2.05, 4.69) is 5.32 Å². The molecule has 1 aromatic rings. The molecule has 0 radical (unpaired) electrons. The van der Waals surface area contributed by atoms with Crippen molar-refractivity contribution >= 4 is 11.6 Å². The fraction of sp³-hybridized carbons (Fsp3) is 0.533. The van der Waals surface area contributed by atoms with Crippen LogP contribution in [0.3, 0.4) is 0 Å². The Balaban J connectivity index is 2.18. The van der Waals surface area contributed by atoms with Gasteiger partial charge < -0.3 is 19.9 Å². The number of carbonyl (C=O) groups excluding carboxylic acids is 1. The molecule has 20 heavy (non-hydrogen) atoms. The van der Waals surface area contributed by atoms with E-state index in [9.17, 15) is 4.79 Å². The Kier molecular flexibility index (Phi) is 4.84. The molecule has 110 valence electrons. The number of benzene rings is 1. The SMILES string of the molecule is CCOc1cc2c(cc1NC(=O)CCCO)OC(C)C2. The lowest BCUT2D eigenvalue weighted by atomic mass is 10.1. The molecule has 1 amide bonds. The monoisotopic (exact) mass is 279 g/mol. The molecule has 1 heterocycles. The number of aliphatic hydroxyl groups is 1. The van der Waals surface area contributed by atoms with Gasteiger partial charge in [-0.2, -0.15) is 0 Å². The molecule has 0 bridgehead atoms. The van der Waals surface area contributed by atoms with Crippen LogP contribution in [0.15, 0.2) is 12.1 Å². The van der Waals surface area contributed by atoms with Crippen LogP contribution in [0, 0.1) is 0 Å². The Hall–Kier alpha value is -1.75. The van der Waals surface area contributed by atoms with E-state index in [1.807, 2.05) is 26.0 Å². The van der Waals surface area contributed by atoms with E-state index in [0.717, 1.165) is 17.7 Å². The molecule has 5 heteroatoms. The first kappa shape index (κ1) is 14.7. The van der Waals surface area contributed by atoms with Gasteiger partial charge >= 0.3 is 0 Å².